The Morgan fingerprint density at radius 3 is 2.64 bits per heavy atom. The summed E-state index contributed by atoms with van der Waals surface area (Å²) in [6.45, 7) is 2.07. The maximum Gasteiger partial charge on any atom is 0.251 e. The SMILES string of the molecule is CN(C/C=C/C(=O)N1CC[C@@H](N2CC(=O)N(c3ccc(Oc4ccccc4)cc3)c3ccnc4[nH]nc2c34)C1)C1CC1. The first-order valence-corrected chi connectivity index (χ1v) is 14.5. The number of carbonyl (C=O) groups excluding carboxylic acids is 2. The number of benzene rings is 2. The molecule has 1 saturated heterocycles. The maximum atomic E-state index is 13.9. The molecule has 0 radical (unpaired) electrons. The molecule has 0 bridgehead atoms. The van der Waals surface area contributed by atoms with Crippen LogP contribution in [0.1, 0.15) is 19.3 Å². The van der Waals surface area contributed by atoms with Crippen molar-refractivity contribution in [3.8, 4) is 11.5 Å². The second kappa shape index (κ2) is 10.9. The molecule has 10 nitrogen and oxygen atoms in total. The van der Waals surface area contributed by atoms with Gasteiger partial charge in [-0.3, -0.25) is 24.5 Å². The molecule has 214 valence electrons. The number of aromatic amines is 1. The van der Waals surface area contributed by atoms with Gasteiger partial charge in [-0.2, -0.15) is 5.10 Å². The zero-order valence-corrected chi connectivity index (χ0v) is 23.5. The van der Waals surface area contributed by atoms with Crippen molar-refractivity contribution in [2.75, 3.05) is 43.0 Å². The second-order valence-corrected chi connectivity index (χ2v) is 11.2. The molecule has 1 atom stereocenters. The van der Waals surface area contributed by atoms with Crippen LogP contribution in [0.15, 0.2) is 79.0 Å². The van der Waals surface area contributed by atoms with Gasteiger partial charge < -0.3 is 14.5 Å². The summed E-state index contributed by atoms with van der Waals surface area (Å²) in [4.78, 5) is 39.3. The Morgan fingerprint density at radius 2 is 1.86 bits per heavy atom. The number of anilines is 3. The van der Waals surface area contributed by atoms with Gasteiger partial charge in [-0.1, -0.05) is 24.3 Å². The summed E-state index contributed by atoms with van der Waals surface area (Å²) in [5.74, 6) is 2.05. The number of rotatable bonds is 8. The number of para-hydroxylation sites is 1. The summed E-state index contributed by atoms with van der Waals surface area (Å²) in [6, 6.07) is 19.6. The summed E-state index contributed by atoms with van der Waals surface area (Å²) in [5.41, 5.74) is 2.07. The number of carbonyl (C=O) groups is 2. The van der Waals surface area contributed by atoms with Gasteiger partial charge in [-0.05, 0) is 68.8 Å². The first kappa shape index (κ1) is 26.2. The molecule has 0 unspecified atom stereocenters. The van der Waals surface area contributed by atoms with Crippen molar-refractivity contribution >= 4 is 40.0 Å². The molecule has 3 aliphatic rings. The monoisotopic (exact) mass is 563 g/mol. The number of nitrogens with zero attached hydrogens (tertiary/aromatic N) is 6. The Bertz CT molecular complexity index is 1630. The fourth-order valence-corrected chi connectivity index (χ4v) is 5.90. The second-order valence-electron chi connectivity index (χ2n) is 11.2. The van der Waals surface area contributed by atoms with E-state index in [-0.39, 0.29) is 24.4 Å². The van der Waals surface area contributed by atoms with E-state index in [1.807, 2.05) is 76.5 Å². The Kier molecular flexibility index (Phi) is 6.83. The van der Waals surface area contributed by atoms with E-state index >= 15 is 0 Å². The smallest absolute Gasteiger partial charge is 0.251 e. The molecule has 10 heteroatoms. The van der Waals surface area contributed by atoms with E-state index in [2.05, 4.69) is 27.1 Å². The molecule has 4 heterocycles. The quantitative estimate of drug-likeness (QED) is 0.316. The van der Waals surface area contributed by atoms with E-state index in [0.29, 0.717) is 36.3 Å². The van der Waals surface area contributed by atoms with Gasteiger partial charge in [0.2, 0.25) is 5.91 Å². The molecule has 1 aliphatic carbocycles. The highest BCUT2D eigenvalue weighted by molar-refractivity contribution is 6.14. The summed E-state index contributed by atoms with van der Waals surface area (Å²) >= 11 is 0. The van der Waals surface area contributed by atoms with Crippen molar-refractivity contribution in [2.24, 2.45) is 0 Å². The van der Waals surface area contributed by atoms with Gasteiger partial charge in [0.1, 0.15) is 11.5 Å². The first-order valence-electron chi connectivity index (χ1n) is 14.5. The highest BCUT2D eigenvalue weighted by atomic mass is 16.5. The molecule has 42 heavy (non-hydrogen) atoms. The van der Waals surface area contributed by atoms with Gasteiger partial charge in [0, 0.05) is 43.6 Å². The summed E-state index contributed by atoms with van der Waals surface area (Å²) in [6.07, 6.45) is 8.57. The number of likely N-dealkylation sites (N-methyl/N-ethyl adjacent to an activating group) is 1. The van der Waals surface area contributed by atoms with Crippen LogP contribution in [0.5, 0.6) is 11.5 Å². The van der Waals surface area contributed by atoms with E-state index in [9.17, 15) is 9.59 Å². The minimum absolute atomic E-state index is 0.0107. The highest BCUT2D eigenvalue weighted by Crippen LogP contribution is 2.40. The van der Waals surface area contributed by atoms with Crippen molar-refractivity contribution < 1.29 is 14.3 Å². The molecule has 2 aromatic carbocycles. The third kappa shape index (κ3) is 5.09. The Morgan fingerprint density at radius 1 is 1.07 bits per heavy atom. The van der Waals surface area contributed by atoms with Crippen LogP contribution in [0.3, 0.4) is 0 Å². The number of nitrogens with one attached hydrogen (secondary N) is 1. The van der Waals surface area contributed by atoms with Gasteiger partial charge in [-0.25, -0.2) is 4.98 Å². The maximum absolute atomic E-state index is 13.9. The van der Waals surface area contributed by atoms with E-state index < -0.39 is 0 Å². The van der Waals surface area contributed by atoms with Gasteiger partial charge in [0.05, 0.1) is 23.7 Å². The molecule has 4 aromatic rings. The predicted octanol–water partition coefficient (Wildman–Crippen LogP) is 4.49. The molecule has 2 aromatic heterocycles. The summed E-state index contributed by atoms with van der Waals surface area (Å²) < 4.78 is 5.96. The zero-order valence-electron chi connectivity index (χ0n) is 23.5. The fraction of sp³-hybridized carbons (Fsp3) is 0.312. The van der Waals surface area contributed by atoms with Crippen LogP contribution < -0.4 is 14.5 Å². The average molecular weight is 564 g/mol. The Labute approximate surface area is 244 Å². The summed E-state index contributed by atoms with van der Waals surface area (Å²) in [5, 5.41) is 8.46. The van der Waals surface area contributed by atoms with Crippen molar-refractivity contribution in [3.05, 3.63) is 79.0 Å². The van der Waals surface area contributed by atoms with Crippen molar-refractivity contribution in [3.63, 3.8) is 0 Å². The van der Waals surface area contributed by atoms with Gasteiger partial charge >= 0.3 is 0 Å². The lowest BCUT2D eigenvalue weighted by atomic mass is 10.2. The lowest BCUT2D eigenvalue weighted by molar-refractivity contribution is -0.125. The molecule has 0 spiro atoms. The fourth-order valence-electron chi connectivity index (χ4n) is 5.90. The van der Waals surface area contributed by atoms with Crippen LogP contribution in [0.2, 0.25) is 0 Å². The highest BCUT2D eigenvalue weighted by Gasteiger charge is 2.37. The van der Waals surface area contributed by atoms with Gasteiger partial charge in [0.15, 0.2) is 11.5 Å². The lowest BCUT2D eigenvalue weighted by Gasteiger charge is -2.28. The lowest BCUT2D eigenvalue weighted by Crippen LogP contribution is -2.44. The van der Waals surface area contributed by atoms with Crippen LogP contribution in [-0.2, 0) is 9.59 Å². The molecule has 1 N–H and O–H groups in total. The van der Waals surface area contributed by atoms with Crippen molar-refractivity contribution in [1.29, 1.82) is 0 Å². The first-order chi connectivity index (χ1) is 20.5. The minimum Gasteiger partial charge on any atom is -0.457 e. The van der Waals surface area contributed by atoms with E-state index in [0.717, 1.165) is 35.5 Å². The number of likely N-dealkylation sites (tertiary alicyclic amines) is 1. The number of hydrogen-bond donors (Lipinski definition) is 1. The van der Waals surface area contributed by atoms with Gasteiger partial charge in [0.25, 0.3) is 5.91 Å². The van der Waals surface area contributed by atoms with Crippen molar-refractivity contribution in [1.82, 2.24) is 25.0 Å². The molecular weight excluding hydrogens is 530 g/mol. The van der Waals surface area contributed by atoms with Crippen LogP contribution in [0.25, 0.3) is 11.0 Å². The van der Waals surface area contributed by atoms with Crippen LogP contribution in [0.4, 0.5) is 17.2 Å². The van der Waals surface area contributed by atoms with Crippen molar-refractivity contribution in [2.45, 2.75) is 31.3 Å². The van der Waals surface area contributed by atoms with E-state index in [1.165, 1.54) is 12.8 Å². The van der Waals surface area contributed by atoms with Gasteiger partial charge in [-0.15, -0.1) is 0 Å². The largest absolute Gasteiger partial charge is 0.457 e. The third-order valence-electron chi connectivity index (χ3n) is 8.30. The van der Waals surface area contributed by atoms with E-state index in [4.69, 9.17) is 4.74 Å². The molecular formula is C32H33N7O3. The number of amides is 2. The van der Waals surface area contributed by atoms with Crippen LogP contribution >= 0.6 is 0 Å². The number of aromatic nitrogens is 3. The normalized spacial score (nSPS) is 18.9. The molecule has 7 rings (SSSR count). The minimum atomic E-state index is -0.0787. The standard InChI is InChI=1S/C32H33N7O3/c1-36(22-9-10-22)18-5-8-28(40)37-19-16-24(20-37)38-21-29(41)39(27-15-17-33-31-30(27)32(38)35-34-31)23-11-13-26(14-12-23)42-25-6-3-2-4-7-25/h2-8,11-15,17,22,24H,9-10,16,18-21H2,1H3,(H,33,34,35)/b8-5+/t24-/m1/s1. The molecule has 1 saturated carbocycles. The third-order valence-corrected chi connectivity index (χ3v) is 8.30. The van der Waals surface area contributed by atoms with E-state index in [1.54, 1.807) is 17.2 Å². The number of pyridine rings is 1. The van der Waals surface area contributed by atoms with Crippen LogP contribution in [0, 0.1) is 0 Å². The number of hydrogen-bond acceptors (Lipinski definition) is 7. The molecule has 2 aliphatic heterocycles. The predicted molar refractivity (Wildman–Crippen MR) is 161 cm³/mol. The number of H-pyrrole nitrogens is 1. The number of ether oxygens (including phenoxy) is 1. The Balaban J connectivity index is 1.12. The molecule has 2 fully saturated rings. The summed E-state index contributed by atoms with van der Waals surface area (Å²) in [7, 11) is 2.10. The average Bonchev–Trinajstić information content (AvgIpc) is 3.62. The topological polar surface area (TPSA) is 97.9 Å². The Hall–Kier alpha value is -4.70. The van der Waals surface area contributed by atoms with Crippen LogP contribution in [-0.4, -0.2) is 82.1 Å². The molecule has 2 amide bonds. The zero-order chi connectivity index (χ0) is 28.6.